The Bertz CT molecular complexity index is 831. The second-order valence-electron chi connectivity index (χ2n) is 6.62. The van der Waals surface area contributed by atoms with Crippen molar-refractivity contribution in [2.75, 3.05) is 0 Å². The minimum absolute atomic E-state index is 0.0822. The standard InChI is InChI=1S/C17H17FN4O3/c1-17(11-5-7-12(18)8-6-11)15(23)22(16(24)19-17)9-13-20-21-14(25-13)10-3-2-4-10/h5-8,10H,2-4,9H2,1H3,(H,19,24)/t17-/m0/s1. The van der Waals surface area contributed by atoms with Crippen molar-refractivity contribution in [2.45, 2.75) is 44.2 Å². The van der Waals surface area contributed by atoms with Gasteiger partial charge >= 0.3 is 6.03 Å². The van der Waals surface area contributed by atoms with Crippen LogP contribution in [0.15, 0.2) is 28.7 Å². The smallest absolute Gasteiger partial charge is 0.325 e. The Morgan fingerprint density at radius 2 is 2.00 bits per heavy atom. The molecule has 1 saturated heterocycles. The molecule has 0 bridgehead atoms. The number of halogens is 1. The number of carbonyl (C=O) groups is 2. The fourth-order valence-electron chi connectivity index (χ4n) is 3.11. The molecule has 7 nitrogen and oxygen atoms in total. The number of nitrogens with zero attached hydrogens (tertiary/aromatic N) is 3. The van der Waals surface area contributed by atoms with Crippen LogP contribution in [0.5, 0.6) is 0 Å². The first-order chi connectivity index (χ1) is 12.0. The van der Waals surface area contributed by atoms with E-state index in [1.165, 1.54) is 24.3 Å². The molecule has 1 atom stereocenters. The molecule has 8 heteroatoms. The van der Waals surface area contributed by atoms with E-state index >= 15 is 0 Å². The molecule has 3 amide bonds. The van der Waals surface area contributed by atoms with E-state index in [4.69, 9.17) is 4.42 Å². The Morgan fingerprint density at radius 1 is 1.28 bits per heavy atom. The van der Waals surface area contributed by atoms with Crippen molar-refractivity contribution >= 4 is 11.9 Å². The zero-order valence-electron chi connectivity index (χ0n) is 13.7. The first-order valence-electron chi connectivity index (χ1n) is 8.20. The molecular weight excluding hydrogens is 327 g/mol. The number of benzene rings is 1. The number of rotatable bonds is 4. The Hall–Kier alpha value is -2.77. The van der Waals surface area contributed by atoms with E-state index in [9.17, 15) is 14.0 Å². The summed E-state index contributed by atoms with van der Waals surface area (Å²) in [6.45, 7) is 1.51. The lowest BCUT2D eigenvalue weighted by atomic mass is 9.85. The van der Waals surface area contributed by atoms with E-state index in [0.717, 1.165) is 24.2 Å². The van der Waals surface area contributed by atoms with Crippen molar-refractivity contribution < 1.29 is 18.4 Å². The van der Waals surface area contributed by atoms with Crippen LogP contribution in [0.25, 0.3) is 0 Å². The van der Waals surface area contributed by atoms with E-state index in [0.29, 0.717) is 11.5 Å². The maximum Gasteiger partial charge on any atom is 0.325 e. The first-order valence-corrected chi connectivity index (χ1v) is 8.20. The lowest BCUT2D eigenvalue weighted by Crippen LogP contribution is -2.40. The lowest BCUT2D eigenvalue weighted by molar-refractivity contribution is -0.131. The van der Waals surface area contributed by atoms with Crippen LogP contribution in [-0.4, -0.2) is 27.0 Å². The molecule has 2 fully saturated rings. The zero-order chi connectivity index (χ0) is 17.6. The van der Waals surface area contributed by atoms with Gasteiger partial charge in [0.2, 0.25) is 11.8 Å². The quantitative estimate of drug-likeness (QED) is 0.861. The minimum Gasteiger partial charge on any atom is -0.423 e. The fourth-order valence-corrected chi connectivity index (χ4v) is 3.11. The normalized spacial score (nSPS) is 23.7. The van der Waals surface area contributed by atoms with Gasteiger partial charge in [0, 0.05) is 5.92 Å². The third-order valence-electron chi connectivity index (χ3n) is 4.93. The number of amides is 3. The van der Waals surface area contributed by atoms with Gasteiger partial charge in [0.15, 0.2) is 0 Å². The minimum atomic E-state index is -1.25. The summed E-state index contributed by atoms with van der Waals surface area (Å²) in [6, 6.07) is 4.94. The van der Waals surface area contributed by atoms with Crippen LogP contribution < -0.4 is 5.32 Å². The van der Waals surface area contributed by atoms with Crippen LogP contribution in [0.2, 0.25) is 0 Å². The fraction of sp³-hybridized carbons (Fsp3) is 0.412. The topological polar surface area (TPSA) is 88.3 Å². The predicted molar refractivity (Wildman–Crippen MR) is 83.7 cm³/mol. The average Bonchev–Trinajstić information content (AvgIpc) is 3.06. The first kappa shape index (κ1) is 15.7. The van der Waals surface area contributed by atoms with Gasteiger partial charge < -0.3 is 9.73 Å². The van der Waals surface area contributed by atoms with Crippen molar-refractivity contribution in [1.82, 2.24) is 20.4 Å². The van der Waals surface area contributed by atoms with E-state index < -0.39 is 23.3 Å². The summed E-state index contributed by atoms with van der Waals surface area (Å²) in [7, 11) is 0. The van der Waals surface area contributed by atoms with Gasteiger partial charge in [-0.25, -0.2) is 9.18 Å². The molecule has 0 radical (unpaired) electrons. The van der Waals surface area contributed by atoms with Gasteiger partial charge in [-0.3, -0.25) is 9.69 Å². The maximum atomic E-state index is 13.1. The highest BCUT2D eigenvalue weighted by molar-refractivity contribution is 6.07. The van der Waals surface area contributed by atoms with Gasteiger partial charge in [-0.1, -0.05) is 18.6 Å². The number of nitrogens with one attached hydrogen (secondary N) is 1. The average molecular weight is 344 g/mol. The highest BCUT2D eigenvalue weighted by Gasteiger charge is 2.49. The Labute approximate surface area is 143 Å². The molecule has 25 heavy (non-hydrogen) atoms. The van der Waals surface area contributed by atoms with Crippen molar-refractivity contribution in [2.24, 2.45) is 0 Å². The predicted octanol–water partition coefficient (Wildman–Crippen LogP) is 2.44. The van der Waals surface area contributed by atoms with E-state index in [2.05, 4.69) is 15.5 Å². The Morgan fingerprint density at radius 3 is 2.64 bits per heavy atom. The highest BCUT2D eigenvalue weighted by atomic mass is 19.1. The summed E-state index contributed by atoms with van der Waals surface area (Å²) >= 11 is 0. The maximum absolute atomic E-state index is 13.1. The summed E-state index contributed by atoms with van der Waals surface area (Å²) < 4.78 is 18.7. The molecule has 2 aromatic rings. The second-order valence-corrected chi connectivity index (χ2v) is 6.62. The van der Waals surface area contributed by atoms with Gasteiger partial charge in [-0.15, -0.1) is 10.2 Å². The monoisotopic (exact) mass is 344 g/mol. The van der Waals surface area contributed by atoms with Crippen molar-refractivity contribution in [3.8, 4) is 0 Å². The number of hydrogen-bond donors (Lipinski definition) is 1. The SMILES string of the molecule is C[C@@]1(c2ccc(F)cc2)NC(=O)N(Cc2nnc(C3CCC3)o2)C1=O. The summed E-state index contributed by atoms with van der Waals surface area (Å²) in [5, 5.41) is 10.6. The summed E-state index contributed by atoms with van der Waals surface area (Å²) in [5.41, 5.74) is -0.739. The molecule has 1 aromatic carbocycles. The van der Waals surface area contributed by atoms with Crippen LogP contribution in [0.1, 0.15) is 49.4 Å². The number of hydrogen-bond acceptors (Lipinski definition) is 5. The van der Waals surface area contributed by atoms with Gasteiger partial charge in [-0.05, 0) is 37.5 Å². The summed E-state index contributed by atoms with van der Waals surface area (Å²) in [4.78, 5) is 26.1. The number of aromatic nitrogens is 2. The van der Waals surface area contributed by atoms with Crippen LogP contribution in [0.3, 0.4) is 0 Å². The molecule has 1 aromatic heterocycles. The Balaban J connectivity index is 1.54. The van der Waals surface area contributed by atoms with Gasteiger partial charge in [0.25, 0.3) is 5.91 Å². The molecule has 4 rings (SSSR count). The van der Waals surface area contributed by atoms with Crippen molar-refractivity contribution in [3.63, 3.8) is 0 Å². The largest absolute Gasteiger partial charge is 0.423 e. The molecule has 2 aliphatic rings. The van der Waals surface area contributed by atoms with Crippen LogP contribution in [0.4, 0.5) is 9.18 Å². The van der Waals surface area contributed by atoms with Gasteiger partial charge in [-0.2, -0.15) is 0 Å². The second kappa shape index (κ2) is 5.65. The molecule has 1 aliphatic heterocycles. The van der Waals surface area contributed by atoms with Gasteiger partial charge in [0.05, 0.1) is 0 Å². The number of urea groups is 1. The third kappa shape index (κ3) is 2.57. The van der Waals surface area contributed by atoms with Crippen molar-refractivity contribution in [1.29, 1.82) is 0 Å². The van der Waals surface area contributed by atoms with E-state index in [1.807, 2.05) is 0 Å². The molecular formula is C17H17FN4O3. The van der Waals surface area contributed by atoms with E-state index in [1.54, 1.807) is 6.92 Å². The molecule has 130 valence electrons. The third-order valence-corrected chi connectivity index (χ3v) is 4.93. The Kier molecular flexibility index (Phi) is 3.55. The van der Waals surface area contributed by atoms with E-state index in [-0.39, 0.29) is 18.4 Å². The summed E-state index contributed by atoms with van der Waals surface area (Å²) in [6.07, 6.45) is 3.19. The molecule has 0 unspecified atom stereocenters. The molecule has 0 spiro atoms. The highest BCUT2D eigenvalue weighted by Crippen LogP contribution is 2.36. The van der Waals surface area contributed by atoms with Gasteiger partial charge in [0.1, 0.15) is 17.9 Å². The number of imide groups is 1. The zero-order valence-corrected chi connectivity index (χ0v) is 13.7. The number of carbonyl (C=O) groups excluding carboxylic acids is 2. The van der Waals surface area contributed by atoms with Crippen LogP contribution in [-0.2, 0) is 16.9 Å². The molecule has 1 aliphatic carbocycles. The molecule has 1 saturated carbocycles. The van der Waals surface area contributed by atoms with Crippen LogP contribution >= 0.6 is 0 Å². The molecule has 1 N–H and O–H groups in total. The summed E-state index contributed by atoms with van der Waals surface area (Å²) in [5.74, 6) is 0.236. The van der Waals surface area contributed by atoms with Crippen LogP contribution in [0, 0.1) is 5.82 Å². The molecule has 2 heterocycles. The van der Waals surface area contributed by atoms with Crippen molar-refractivity contribution in [3.05, 3.63) is 47.4 Å². The lowest BCUT2D eigenvalue weighted by Gasteiger charge is -2.22.